The van der Waals surface area contributed by atoms with E-state index in [4.69, 9.17) is 17.0 Å². The molecular formula is C23H25N5O2S. The van der Waals surface area contributed by atoms with E-state index in [1.807, 2.05) is 62.6 Å². The number of methoxy groups -OCH3 is 1. The maximum absolute atomic E-state index is 11.9. The summed E-state index contributed by atoms with van der Waals surface area (Å²) in [5.41, 5.74) is 4.69. The van der Waals surface area contributed by atoms with Gasteiger partial charge in [-0.25, -0.2) is 0 Å². The van der Waals surface area contributed by atoms with E-state index in [-0.39, 0.29) is 24.6 Å². The molecular weight excluding hydrogens is 410 g/mol. The highest BCUT2D eigenvalue weighted by Crippen LogP contribution is 2.42. The molecule has 1 amide bonds. The first-order valence-corrected chi connectivity index (χ1v) is 10.4. The molecule has 0 radical (unpaired) electrons. The summed E-state index contributed by atoms with van der Waals surface area (Å²) in [6.07, 6.45) is 3.83. The second-order valence-electron chi connectivity index (χ2n) is 7.52. The van der Waals surface area contributed by atoms with Gasteiger partial charge in [0, 0.05) is 43.6 Å². The molecule has 2 unspecified atom stereocenters. The predicted molar refractivity (Wildman–Crippen MR) is 125 cm³/mol. The highest BCUT2D eigenvalue weighted by molar-refractivity contribution is 7.80. The van der Waals surface area contributed by atoms with Crippen molar-refractivity contribution in [2.24, 2.45) is 7.05 Å². The fourth-order valence-electron chi connectivity index (χ4n) is 3.97. The zero-order valence-corrected chi connectivity index (χ0v) is 18.5. The number of nitrogens with zero attached hydrogens (tertiary/aromatic N) is 3. The van der Waals surface area contributed by atoms with E-state index in [1.54, 1.807) is 6.20 Å². The lowest BCUT2D eigenvalue weighted by Gasteiger charge is -2.29. The van der Waals surface area contributed by atoms with E-state index in [9.17, 15) is 4.79 Å². The monoisotopic (exact) mass is 435 g/mol. The standard InChI is InChI=1S/C23H25N5O2S/c1-15-13-16(9-10-17(15)25-20(29)14-30-3)28-22(19-8-6-12-27(19)2)21(26-23(28)31)18-7-4-5-11-24-18/h4-13,21-22H,14H2,1-3H3,(H,25,29)(H,26,31). The highest BCUT2D eigenvalue weighted by Gasteiger charge is 2.41. The van der Waals surface area contributed by atoms with Crippen LogP contribution in [0.4, 0.5) is 11.4 Å². The fraction of sp³-hybridized carbons (Fsp3) is 0.261. The molecule has 1 fully saturated rings. The molecule has 2 aromatic heterocycles. The number of pyridine rings is 1. The molecule has 3 aromatic rings. The van der Waals surface area contributed by atoms with Crippen molar-refractivity contribution in [3.8, 4) is 0 Å². The third kappa shape index (κ3) is 4.17. The normalized spacial score (nSPS) is 18.2. The Morgan fingerprint density at radius 3 is 2.74 bits per heavy atom. The summed E-state index contributed by atoms with van der Waals surface area (Å²) in [5.74, 6) is -0.186. The van der Waals surface area contributed by atoms with Crippen LogP contribution in [0.2, 0.25) is 0 Å². The number of nitrogens with one attached hydrogen (secondary N) is 2. The molecule has 3 heterocycles. The molecule has 1 aliphatic heterocycles. The number of hydrogen-bond donors (Lipinski definition) is 2. The molecule has 160 valence electrons. The summed E-state index contributed by atoms with van der Waals surface area (Å²) in [7, 11) is 3.53. The first kappa shape index (κ1) is 21.0. The number of aromatic nitrogens is 2. The minimum Gasteiger partial charge on any atom is -0.375 e. The average molecular weight is 436 g/mol. The molecule has 1 saturated heterocycles. The van der Waals surface area contributed by atoms with Crippen LogP contribution in [0.5, 0.6) is 0 Å². The number of hydrogen-bond acceptors (Lipinski definition) is 4. The lowest BCUT2D eigenvalue weighted by atomic mass is 10.0. The topological polar surface area (TPSA) is 71.4 Å². The van der Waals surface area contributed by atoms with Crippen LogP contribution in [0.25, 0.3) is 0 Å². The van der Waals surface area contributed by atoms with Crippen molar-refractivity contribution in [2.75, 3.05) is 23.9 Å². The predicted octanol–water partition coefficient (Wildman–Crippen LogP) is 3.49. The third-order valence-corrected chi connectivity index (χ3v) is 5.74. The van der Waals surface area contributed by atoms with Crippen LogP contribution in [0.1, 0.15) is 29.0 Å². The van der Waals surface area contributed by atoms with Crippen LogP contribution in [-0.2, 0) is 16.6 Å². The SMILES string of the molecule is COCC(=O)Nc1ccc(N2C(=S)NC(c3ccccn3)C2c2cccn2C)cc1C. The van der Waals surface area contributed by atoms with E-state index in [0.29, 0.717) is 5.11 Å². The molecule has 7 nitrogen and oxygen atoms in total. The zero-order chi connectivity index (χ0) is 22.0. The zero-order valence-electron chi connectivity index (χ0n) is 17.7. The molecule has 31 heavy (non-hydrogen) atoms. The minimum atomic E-state index is -0.186. The highest BCUT2D eigenvalue weighted by atomic mass is 32.1. The number of thiocarbonyl (C=S) groups is 1. The Balaban J connectivity index is 1.72. The molecule has 8 heteroatoms. The van der Waals surface area contributed by atoms with Gasteiger partial charge in [-0.2, -0.15) is 0 Å². The summed E-state index contributed by atoms with van der Waals surface area (Å²) < 4.78 is 7.01. The Bertz CT molecular complexity index is 1100. The molecule has 1 aromatic carbocycles. The number of benzene rings is 1. The molecule has 2 N–H and O–H groups in total. The van der Waals surface area contributed by atoms with Crippen molar-refractivity contribution in [1.82, 2.24) is 14.9 Å². The Kier molecular flexibility index (Phi) is 6.01. The van der Waals surface area contributed by atoms with Gasteiger partial charge in [0.25, 0.3) is 0 Å². The molecule has 0 spiro atoms. The van der Waals surface area contributed by atoms with E-state index >= 15 is 0 Å². The first-order chi connectivity index (χ1) is 15.0. The van der Waals surface area contributed by atoms with Crippen LogP contribution in [0.3, 0.4) is 0 Å². The van der Waals surface area contributed by atoms with Crippen LogP contribution in [0.15, 0.2) is 60.9 Å². The molecule has 0 bridgehead atoms. The first-order valence-electron chi connectivity index (χ1n) is 10.0. The fourth-order valence-corrected chi connectivity index (χ4v) is 4.32. The van der Waals surface area contributed by atoms with Gasteiger partial charge in [-0.05, 0) is 67.2 Å². The maximum Gasteiger partial charge on any atom is 0.250 e. The quantitative estimate of drug-likeness (QED) is 0.578. The van der Waals surface area contributed by atoms with Gasteiger partial charge in [0.2, 0.25) is 5.91 Å². The summed E-state index contributed by atoms with van der Waals surface area (Å²) in [5, 5.41) is 6.98. The number of rotatable bonds is 6. The van der Waals surface area contributed by atoms with E-state index in [2.05, 4.69) is 31.2 Å². The van der Waals surface area contributed by atoms with Gasteiger partial charge in [0.15, 0.2) is 5.11 Å². The van der Waals surface area contributed by atoms with E-state index in [0.717, 1.165) is 28.3 Å². The Hall–Kier alpha value is -3.23. The summed E-state index contributed by atoms with van der Waals surface area (Å²) in [4.78, 5) is 18.6. The lowest BCUT2D eigenvalue weighted by Crippen LogP contribution is -2.30. The van der Waals surface area contributed by atoms with Crippen LogP contribution in [-0.4, -0.2) is 34.3 Å². The van der Waals surface area contributed by atoms with Crippen molar-refractivity contribution in [2.45, 2.75) is 19.0 Å². The minimum absolute atomic E-state index is 0.0165. The Morgan fingerprint density at radius 2 is 2.10 bits per heavy atom. The van der Waals surface area contributed by atoms with Gasteiger partial charge < -0.3 is 24.8 Å². The Labute approximate surface area is 187 Å². The van der Waals surface area contributed by atoms with E-state index < -0.39 is 0 Å². The lowest BCUT2D eigenvalue weighted by molar-refractivity contribution is -0.119. The van der Waals surface area contributed by atoms with Crippen LogP contribution in [0, 0.1) is 6.92 Å². The summed E-state index contributed by atoms with van der Waals surface area (Å²) in [6, 6.07) is 15.8. The second-order valence-corrected chi connectivity index (χ2v) is 7.91. The van der Waals surface area contributed by atoms with Crippen molar-refractivity contribution >= 4 is 34.6 Å². The number of amides is 1. The van der Waals surface area contributed by atoms with E-state index in [1.165, 1.54) is 7.11 Å². The molecule has 4 rings (SSSR count). The number of carbonyl (C=O) groups excluding carboxylic acids is 1. The average Bonchev–Trinajstić information content (AvgIpc) is 3.32. The molecule has 2 atom stereocenters. The molecule has 0 aliphatic carbocycles. The Morgan fingerprint density at radius 1 is 1.26 bits per heavy atom. The number of anilines is 2. The smallest absolute Gasteiger partial charge is 0.250 e. The maximum atomic E-state index is 11.9. The van der Waals surface area contributed by atoms with Crippen molar-refractivity contribution < 1.29 is 9.53 Å². The van der Waals surface area contributed by atoms with Gasteiger partial charge in [0.1, 0.15) is 12.6 Å². The second kappa shape index (κ2) is 8.87. The largest absolute Gasteiger partial charge is 0.375 e. The number of ether oxygens (including phenoxy) is 1. The molecule has 0 saturated carbocycles. The van der Waals surface area contributed by atoms with Gasteiger partial charge >= 0.3 is 0 Å². The van der Waals surface area contributed by atoms with Crippen LogP contribution >= 0.6 is 12.2 Å². The summed E-state index contributed by atoms with van der Waals surface area (Å²) in [6.45, 7) is 1.98. The van der Waals surface area contributed by atoms with Gasteiger partial charge in [-0.3, -0.25) is 9.78 Å². The van der Waals surface area contributed by atoms with Gasteiger partial charge in [-0.1, -0.05) is 6.07 Å². The number of aryl methyl sites for hydroxylation is 2. The third-order valence-electron chi connectivity index (χ3n) is 5.42. The van der Waals surface area contributed by atoms with Gasteiger partial charge in [-0.15, -0.1) is 0 Å². The van der Waals surface area contributed by atoms with Crippen molar-refractivity contribution in [3.63, 3.8) is 0 Å². The molecule has 1 aliphatic rings. The van der Waals surface area contributed by atoms with Crippen molar-refractivity contribution in [1.29, 1.82) is 0 Å². The number of carbonyl (C=O) groups is 1. The van der Waals surface area contributed by atoms with Crippen molar-refractivity contribution in [3.05, 3.63) is 77.9 Å². The van der Waals surface area contributed by atoms with Gasteiger partial charge in [0.05, 0.1) is 11.7 Å². The van der Waals surface area contributed by atoms with Crippen LogP contribution < -0.4 is 15.5 Å². The summed E-state index contributed by atoms with van der Waals surface area (Å²) >= 11 is 5.77.